The number of benzene rings is 1. The van der Waals surface area contributed by atoms with Gasteiger partial charge in [0.1, 0.15) is 17.7 Å². The van der Waals surface area contributed by atoms with Crippen molar-refractivity contribution in [3.63, 3.8) is 0 Å². The lowest BCUT2D eigenvalue weighted by Gasteiger charge is -2.22. The number of esters is 1. The van der Waals surface area contributed by atoms with E-state index in [0.29, 0.717) is 25.5 Å². The first-order valence-electron chi connectivity index (χ1n) is 8.21. The Labute approximate surface area is 152 Å². The molecule has 1 atom stereocenters. The van der Waals surface area contributed by atoms with Crippen LogP contribution in [-0.2, 0) is 14.3 Å². The first kappa shape index (κ1) is 18.6. The highest BCUT2D eigenvalue weighted by molar-refractivity contribution is 5.96. The van der Waals surface area contributed by atoms with Gasteiger partial charge in [-0.05, 0) is 37.1 Å². The SMILES string of the molecule is O=C(COC(=O)[C@@H]1CCCN1C(=O)c1ccco1)Nc1cc(F)cc(F)c1. The van der Waals surface area contributed by atoms with E-state index in [0.717, 1.165) is 12.1 Å². The van der Waals surface area contributed by atoms with Crippen LogP contribution in [0.5, 0.6) is 0 Å². The van der Waals surface area contributed by atoms with Gasteiger partial charge in [0.25, 0.3) is 11.8 Å². The summed E-state index contributed by atoms with van der Waals surface area (Å²) < 4.78 is 36.2. The van der Waals surface area contributed by atoms with Crippen molar-refractivity contribution in [1.29, 1.82) is 0 Å². The van der Waals surface area contributed by atoms with Gasteiger partial charge in [0.05, 0.1) is 6.26 Å². The van der Waals surface area contributed by atoms with Crippen LogP contribution in [-0.4, -0.2) is 41.9 Å². The maximum Gasteiger partial charge on any atom is 0.329 e. The molecule has 1 aliphatic rings. The van der Waals surface area contributed by atoms with E-state index in [9.17, 15) is 23.2 Å². The number of amides is 2. The van der Waals surface area contributed by atoms with Gasteiger partial charge >= 0.3 is 5.97 Å². The second kappa shape index (κ2) is 7.98. The van der Waals surface area contributed by atoms with E-state index in [2.05, 4.69) is 5.32 Å². The highest BCUT2D eigenvalue weighted by Gasteiger charge is 2.36. The Bertz CT molecular complexity index is 833. The Morgan fingerprint density at radius 3 is 2.63 bits per heavy atom. The normalized spacial score (nSPS) is 16.2. The first-order valence-corrected chi connectivity index (χ1v) is 8.21. The van der Waals surface area contributed by atoms with Crippen LogP contribution in [0, 0.1) is 11.6 Å². The maximum atomic E-state index is 13.1. The Morgan fingerprint density at radius 1 is 1.22 bits per heavy atom. The Balaban J connectivity index is 1.55. The number of carbonyl (C=O) groups excluding carboxylic acids is 3. The molecule has 0 saturated carbocycles. The molecule has 27 heavy (non-hydrogen) atoms. The minimum atomic E-state index is -0.847. The lowest BCUT2D eigenvalue weighted by atomic mass is 10.2. The summed E-state index contributed by atoms with van der Waals surface area (Å²) in [6.07, 6.45) is 2.37. The number of likely N-dealkylation sites (tertiary alicyclic amines) is 1. The Kier molecular flexibility index (Phi) is 5.49. The highest BCUT2D eigenvalue weighted by Crippen LogP contribution is 2.21. The van der Waals surface area contributed by atoms with Crippen molar-refractivity contribution >= 4 is 23.5 Å². The number of hydrogen-bond donors (Lipinski definition) is 1. The molecule has 1 fully saturated rings. The number of halogens is 2. The molecule has 1 saturated heterocycles. The van der Waals surface area contributed by atoms with E-state index in [4.69, 9.17) is 9.15 Å². The molecule has 0 radical (unpaired) electrons. The molecule has 1 aromatic carbocycles. The third kappa shape index (κ3) is 4.49. The van der Waals surface area contributed by atoms with Crippen LogP contribution in [0.3, 0.4) is 0 Å². The Morgan fingerprint density at radius 2 is 1.96 bits per heavy atom. The molecule has 3 rings (SSSR count). The van der Waals surface area contributed by atoms with E-state index >= 15 is 0 Å². The molecule has 0 bridgehead atoms. The van der Waals surface area contributed by atoms with Gasteiger partial charge in [-0.3, -0.25) is 9.59 Å². The zero-order valence-electron chi connectivity index (χ0n) is 14.1. The molecule has 1 N–H and O–H groups in total. The lowest BCUT2D eigenvalue weighted by molar-refractivity contribution is -0.151. The second-order valence-electron chi connectivity index (χ2n) is 5.95. The molecular weight excluding hydrogens is 362 g/mol. The molecule has 1 aliphatic heterocycles. The summed E-state index contributed by atoms with van der Waals surface area (Å²) in [6, 6.07) is 4.78. The summed E-state index contributed by atoms with van der Waals surface area (Å²) in [5, 5.41) is 2.23. The van der Waals surface area contributed by atoms with Crippen LogP contribution in [0.25, 0.3) is 0 Å². The van der Waals surface area contributed by atoms with Crippen LogP contribution in [0.2, 0.25) is 0 Å². The fourth-order valence-corrected chi connectivity index (χ4v) is 2.85. The Hall–Kier alpha value is -3.23. The number of ether oxygens (including phenoxy) is 1. The van der Waals surface area contributed by atoms with Crippen LogP contribution in [0.15, 0.2) is 41.0 Å². The molecule has 142 valence electrons. The van der Waals surface area contributed by atoms with E-state index in [-0.39, 0.29) is 11.4 Å². The smallest absolute Gasteiger partial charge is 0.329 e. The van der Waals surface area contributed by atoms with Crippen molar-refractivity contribution < 1.29 is 32.3 Å². The van der Waals surface area contributed by atoms with Gasteiger partial charge in [-0.15, -0.1) is 0 Å². The molecule has 0 aliphatic carbocycles. The second-order valence-corrected chi connectivity index (χ2v) is 5.95. The van der Waals surface area contributed by atoms with Gasteiger partial charge in [-0.25, -0.2) is 13.6 Å². The van der Waals surface area contributed by atoms with Gasteiger partial charge in [-0.1, -0.05) is 0 Å². The number of nitrogens with zero attached hydrogens (tertiary/aromatic N) is 1. The van der Waals surface area contributed by atoms with Crippen LogP contribution >= 0.6 is 0 Å². The summed E-state index contributed by atoms with van der Waals surface area (Å²) in [5.41, 5.74) is -0.0935. The van der Waals surface area contributed by atoms with E-state index < -0.39 is 42.1 Å². The number of furan rings is 1. The summed E-state index contributed by atoms with van der Waals surface area (Å²) in [7, 11) is 0. The quantitative estimate of drug-likeness (QED) is 0.807. The predicted molar refractivity (Wildman–Crippen MR) is 88.7 cm³/mol. The van der Waals surface area contributed by atoms with Crippen molar-refractivity contribution in [3.05, 3.63) is 54.0 Å². The fraction of sp³-hybridized carbons (Fsp3) is 0.278. The van der Waals surface area contributed by atoms with Crippen LogP contribution in [0.4, 0.5) is 14.5 Å². The highest BCUT2D eigenvalue weighted by atomic mass is 19.1. The molecule has 2 aromatic rings. The van der Waals surface area contributed by atoms with Gasteiger partial charge in [0.2, 0.25) is 0 Å². The molecule has 1 aromatic heterocycles. The largest absolute Gasteiger partial charge is 0.459 e. The van der Waals surface area contributed by atoms with Gasteiger partial charge < -0.3 is 19.4 Å². The van der Waals surface area contributed by atoms with E-state index in [1.165, 1.54) is 17.2 Å². The average molecular weight is 378 g/mol. The van der Waals surface area contributed by atoms with Gasteiger partial charge in [0.15, 0.2) is 12.4 Å². The van der Waals surface area contributed by atoms with Crippen LogP contribution < -0.4 is 5.32 Å². The molecule has 0 spiro atoms. The van der Waals surface area contributed by atoms with Gasteiger partial charge in [0, 0.05) is 18.3 Å². The van der Waals surface area contributed by atoms with Crippen molar-refractivity contribution in [2.45, 2.75) is 18.9 Å². The summed E-state index contributed by atoms with van der Waals surface area (Å²) in [5.74, 6) is -3.50. The molecule has 9 heteroatoms. The fourth-order valence-electron chi connectivity index (χ4n) is 2.85. The third-order valence-electron chi connectivity index (χ3n) is 4.01. The molecule has 7 nitrogen and oxygen atoms in total. The molecule has 0 unspecified atom stereocenters. The molecule has 2 amide bonds. The summed E-state index contributed by atoms with van der Waals surface area (Å²) in [4.78, 5) is 37.8. The van der Waals surface area contributed by atoms with E-state index in [1.807, 2.05) is 0 Å². The number of anilines is 1. The van der Waals surface area contributed by atoms with Crippen molar-refractivity contribution in [1.82, 2.24) is 4.90 Å². The number of carbonyl (C=O) groups is 3. The molecule has 2 heterocycles. The number of hydrogen-bond acceptors (Lipinski definition) is 5. The van der Waals surface area contributed by atoms with Crippen molar-refractivity contribution in [2.75, 3.05) is 18.5 Å². The van der Waals surface area contributed by atoms with Gasteiger partial charge in [-0.2, -0.15) is 0 Å². The standard InChI is InChI=1S/C18H16F2N2O5/c19-11-7-12(20)9-13(8-11)21-16(23)10-27-18(25)14-3-1-5-22(14)17(24)15-4-2-6-26-15/h2,4,6-9,14H,1,3,5,10H2,(H,21,23)/t14-/m0/s1. The third-order valence-corrected chi connectivity index (χ3v) is 4.01. The zero-order chi connectivity index (χ0) is 19.4. The minimum Gasteiger partial charge on any atom is -0.459 e. The maximum absolute atomic E-state index is 13.1. The monoisotopic (exact) mass is 378 g/mol. The summed E-state index contributed by atoms with van der Waals surface area (Å²) in [6.45, 7) is -0.273. The first-order chi connectivity index (χ1) is 12.9. The van der Waals surface area contributed by atoms with Crippen molar-refractivity contribution in [2.24, 2.45) is 0 Å². The topological polar surface area (TPSA) is 88.9 Å². The summed E-state index contributed by atoms with van der Waals surface area (Å²) >= 11 is 0. The lowest BCUT2D eigenvalue weighted by Crippen LogP contribution is -2.42. The average Bonchev–Trinajstić information content (AvgIpc) is 3.29. The van der Waals surface area contributed by atoms with Crippen molar-refractivity contribution in [3.8, 4) is 0 Å². The minimum absolute atomic E-state index is 0.0935. The molecular formula is C18H16F2N2O5. The predicted octanol–water partition coefficient (Wildman–Crippen LogP) is 2.34. The number of rotatable bonds is 5. The van der Waals surface area contributed by atoms with E-state index in [1.54, 1.807) is 6.07 Å². The van der Waals surface area contributed by atoms with Crippen LogP contribution in [0.1, 0.15) is 23.4 Å². The zero-order valence-corrected chi connectivity index (χ0v) is 14.1. The number of nitrogens with one attached hydrogen (secondary N) is 1.